The molecular formula is C31H43NO9. The monoisotopic (exact) mass is 573 g/mol. The first kappa shape index (κ1) is 29.6. The van der Waals surface area contributed by atoms with Crippen LogP contribution in [0.15, 0.2) is 27.6 Å². The molecule has 0 bridgehead atoms. The van der Waals surface area contributed by atoms with Gasteiger partial charge >= 0.3 is 23.7 Å². The Balaban J connectivity index is 1.31. The number of nitrogens with one attached hydrogen (secondary N) is 1. The first-order chi connectivity index (χ1) is 19.4. The van der Waals surface area contributed by atoms with Crippen LogP contribution in [0.1, 0.15) is 96.5 Å². The van der Waals surface area contributed by atoms with Crippen LogP contribution >= 0.6 is 0 Å². The van der Waals surface area contributed by atoms with Crippen molar-refractivity contribution in [2.24, 2.45) is 28.6 Å². The van der Waals surface area contributed by atoms with E-state index in [-0.39, 0.29) is 48.2 Å². The third-order valence-electron chi connectivity index (χ3n) is 11.3. The summed E-state index contributed by atoms with van der Waals surface area (Å²) in [5.74, 6) is -0.879. The minimum atomic E-state index is -1.05. The summed E-state index contributed by atoms with van der Waals surface area (Å²) in [6.07, 6.45) is 6.84. The largest absolute Gasteiger partial charge is 0.481 e. The number of carbonyl (C=O) groups excluding carboxylic acids is 2. The van der Waals surface area contributed by atoms with Crippen molar-refractivity contribution < 1.29 is 38.5 Å². The van der Waals surface area contributed by atoms with Crippen LogP contribution in [0.3, 0.4) is 0 Å². The molecule has 0 spiro atoms. The number of hydrogen-bond donors (Lipinski definition) is 3. The molecule has 1 heterocycles. The highest BCUT2D eigenvalue weighted by Crippen LogP contribution is 2.71. The molecule has 226 valence electrons. The van der Waals surface area contributed by atoms with E-state index in [1.165, 1.54) is 19.3 Å². The van der Waals surface area contributed by atoms with Gasteiger partial charge in [-0.05, 0) is 86.2 Å². The summed E-state index contributed by atoms with van der Waals surface area (Å²) in [5, 5.41) is 24.1. The van der Waals surface area contributed by atoms with E-state index in [2.05, 4.69) is 19.2 Å². The van der Waals surface area contributed by atoms with Gasteiger partial charge in [0.1, 0.15) is 12.2 Å². The second-order valence-electron chi connectivity index (χ2n) is 13.3. The Morgan fingerprint density at radius 2 is 1.85 bits per heavy atom. The average Bonchev–Trinajstić information content (AvgIpc) is 3.13. The fourth-order valence-corrected chi connectivity index (χ4v) is 9.38. The van der Waals surface area contributed by atoms with E-state index >= 15 is 0 Å². The van der Waals surface area contributed by atoms with Crippen molar-refractivity contribution in [2.45, 2.75) is 109 Å². The Morgan fingerprint density at radius 1 is 1.07 bits per heavy atom. The van der Waals surface area contributed by atoms with Crippen molar-refractivity contribution in [3.8, 4) is 0 Å². The van der Waals surface area contributed by atoms with E-state index in [0.29, 0.717) is 18.8 Å². The fraction of sp³-hybridized carbons (Fsp3) is 0.742. The van der Waals surface area contributed by atoms with Crippen LogP contribution in [-0.4, -0.2) is 52.6 Å². The lowest BCUT2D eigenvalue weighted by molar-refractivity contribution is -0.205. The zero-order valence-corrected chi connectivity index (χ0v) is 24.2. The number of aliphatic hydroxyl groups is 1. The first-order valence-electron chi connectivity index (χ1n) is 15.0. The van der Waals surface area contributed by atoms with Crippen LogP contribution in [0.2, 0.25) is 0 Å². The summed E-state index contributed by atoms with van der Waals surface area (Å²) in [6.45, 7) is 6.11. The molecule has 4 aliphatic rings. The van der Waals surface area contributed by atoms with Gasteiger partial charge in [-0.1, -0.05) is 13.8 Å². The Bertz CT molecular complexity index is 1210. The van der Waals surface area contributed by atoms with Crippen molar-refractivity contribution in [1.29, 1.82) is 0 Å². The number of alkyl carbamates (subject to hydrolysis) is 1. The van der Waals surface area contributed by atoms with Gasteiger partial charge in [0.15, 0.2) is 0 Å². The maximum Gasteiger partial charge on any atom is 0.407 e. The van der Waals surface area contributed by atoms with Gasteiger partial charge in [0.25, 0.3) is 0 Å². The molecule has 0 aromatic carbocycles. The van der Waals surface area contributed by atoms with Gasteiger partial charge in [-0.15, -0.1) is 0 Å². The Labute approximate surface area is 240 Å². The van der Waals surface area contributed by atoms with Crippen molar-refractivity contribution in [3.05, 3.63) is 34.4 Å². The lowest BCUT2D eigenvalue weighted by atomic mass is 9.43. The summed E-state index contributed by atoms with van der Waals surface area (Å²) in [4.78, 5) is 46.8. The summed E-state index contributed by atoms with van der Waals surface area (Å²) in [5.41, 5.74) is -1.29. The van der Waals surface area contributed by atoms with Gasteiger partial charge < -0.3 is 29.4 Å². The number of fused-ring (bicyclic) bond motifs is 5. The Hall–Kier alpha value is -2.88. The number of carbonyl (C=O) groups is 3. The van der Waals surface area contributed by atoms with Crippen molar-refractivity contribution in [2.75, 3.05) is 6.54 Å². The molecule has 4 fully saturated rings. The molecular weight excluding hydrogens is 530 g/mol. The van der Waals surface area contributed by atoms with Crippen LogP contribution in [0, 0.1) is 28.6 Å². The summed E-state index contributed by atoms with van der Waals surface area (Å²) >= 11 is 0. The number of amides is 1. The fourth-order valence-electron chi connectivity index (χ4n) is 9.38. The van der Waals surface area contributed by atoms with Gasteiger partial charge in [-0.3, -0.25) is 9.59 Å². The van der Waals surface area contributed by atoms with E-state index in [0.717, 1.165) is 50.5 Å². The zero-order valence-electron chi connectivity index (χ0n) is 24.2. The van der Waals surface area contributed by atoms with Crippen molar-refractivity contribution in [1.82, 2.24) is 5.32 Å². The van der Waals surface area contributed by atoms with Crippen molar-refractivity contribution >= 4 is 18.0 Å². The van der Waals surface area contributed by atoms with Crippen LogP contribution < -0.4 is 10.9 Å². The molecule has 1 amide bonds. The summed E-state index contributed by atoms with van der Waals surface area (Å²) in [6, 6.07) is 3.12. The van der Waals surface area contributed by atoms with Crippen LogP contribution in [0.4, 0.5) is 4.79 Å². The van der Waals surface area contributed by atoms with Gasteiger partial charge in [0.05, 0.1) is 11.9 Å². The predicted octanol–water partition coefficient (Wildman–Crippen LogP) is 4.38. The number of rotatable bonds is 7. The molecule has 10 nitrogen and oxygen atoms in total. The van der Waals surface area contributed by atoms with E-state index in [9.17, 15) is 24.3 Å². The molecule has 0 aliphatic heterocycles. The number of carboxylic acid groups (broad SMARTS) is 1. The van der Waals surface area contributed by atoms with E-state index in [1.807, 2.05) is 0 Å². The van der Waals surface area contributed by atoms with Crippen molar-refractivity contribution in [3.63, 3.8) is 0 Å². The second kappa shape index (κ2) is 11.1. The quantitative estimate of drug-likeness (QED) is 0.319. The lowest BCUT2D eigenvalue weighted by Gasteiger charge is -2.63. The summed E-state index contributed by atoms with van der Waals surface area (Å²) in [7, 11) is 0. The highest BCUT2D eigenvalue weighted by Gasteiger charge is 2.70. The molecule has 1 aromatic heterocycles. The zero-order chi connectivity index (χ0) is 29.6. The number of aliphatic carboxylic acids is 1. The Kier molecular flexibility index (Phi) is 8.00. The first-order valence-corrected chi connectivity index (χ1v) is 15.0. The molecule has 5 rings (SSSR count). The summed E-state index contributed by atoms with van der Waals surface area (Å²) < 4.78 is 16.8. The molecule has 4 saturated carbocycles. The lowest BCUT2D eigenvalue weighted by Crippen LogP contribution is -2.62. The maximum absolute atomic E-state index is 12.6. The predicted molar refractivity (Wildman–Crippen MR) is 147 cm³/mol. The van der Waals surface area contributed by atoms with E-state index in [1.54, 1.807) is 6.07 Å². The molecule has 0 unspecified atom stereocenters. The number of esters is 1. The van der Waals surface area contributed by atoms with E-state index < -0.39 is 34.8 Å². The smallest absolute Gasteiger partial charge is 0.407 e. The number of carboxylic acids is 1. The molecule has 9 atom stereocenters. The van der Waals surface area contributed by atoms with E-state index in [4.69, 9.17) is 19.0 Å². The molecule has 10 heteroatoms. The van der Waals surface area contributed by atoms with Gasteiger partial charge in [0, 0.05) is 43.7 Å². The van der Waals surface area contributed by atoms with Gasteiger partial charge in [-0.25, -0.2) is 9.59 Å². The number of ether oxygens (including phenoxy) is 2. The normalized spacial score (nSPS) is 39.5. The molecule has 4 aliphatic carbocycles. The minimum absolute atomic E-state index is 0.00219. The second-order valence-corrected chi connectivity index (χ2v) is 13.3. The molecule has 1 aromatic rings. The average molecular weight is 574 g/mol. The van der Waals surface area contributed by atoms with Gasteiger partial charge in [-0.2, -0.15) is 0 Å². The standard InChI is InChI=1S/C31H43NO9/c1-18(33)40-24-16-31(38)23-8-7-20-15-21(41-28(37)32-14-4-5-25(34)35)10-12-29(20,2)22(23)11-13-30(31,3)27(24)19-6-9-26(36)39-17-19/h6,9,17,20-24,27,38H,4-5,7-8,10-16H2,1-3H3,(H,32,37)(H,34,35)/t20-,21+,22+,23-,24+,27+,29+,30-,31+/m1/s1. The van der Waals surface area contributed by atoms with Crippen LogP contribution in [0.5, 0.6) is 0 Å². The van der Waals surface area contributed by atoms with Crippen LogP contribution in [0.25, 0.3) is 0 Å². The number of hydrogen-bond acceptors (Lipinski definition) is 8. The molecule has 3 N–H and O–H groups in total. The third kappa shape index (κ3) is 5.28. The molecule has 0 saturated heterocycles. The maximum atomic E-state index is 12.6. The SMILES string of the molecule is CC(=O)O[C@H]1C[C@]2(O)[C@@H]3CC[C@@H]4C[C@@H](OC(=O)NCCCC(=O)O)CC[C@]4(C)[C@H]3CC[C@]2(C)[C@H]1c1ccc(=O)oc1. The highest BCUT2D eigenvalue weighted by molar-refractivity contribution is 5.68. The molecule has 41 heavy (non-hydrogen) atoms. The third-order valence-corrected chi connectivity index (χ3v) is 11.3. The van der Waals surface area contributed by atoms with Gasteiger partial charge in [0.2, 0.25) is 0 Å². The highest BCUT2D eigenvalue weighted by atomic mass is 16.6. The van der Waals surface area contributed by atoms with Crippen LogP contribution in [-0.2, 0) is 19.1 Å². The minimum Gasteiger partial charge on any atom is -0.481 e. The Morgan fingerprint density at radius 3 is 2.54 bits per heavy atom. The topological polar surface area (TPSA) is 152 Å². The molecule has 0 radical (unpaired) electrons.